The molecule has 0 aliphatic carbocycles. The Kier molecular flexibility index (Phi) is 3.17. The Morgan fingerprint density at radius 1 is 1.29 bits per heavy atom. The summed E-state index contributed by atoms with van der Waals surface area (Å²) in [6.07, 6.45) is 2.23. The van der Waals surface area contributed by atoms with E-state index in [1.54, 1.807) is 0 Å². The Hall–Kier alpha value is -0.860. The number of ether oxygens (including phenoxy) is 2. The lowest BCUT2D eigenvalue weighted by Gasteiger charge is -2.10. The van der Waals surface area contributed by atoms with E-state index in [2.05, 4.69) is 19.1 Å². The van der Waals surface area contributed by atoms with Crippen LogP contribution in [0.1, 0.15) is 31.4 Å². The summed E-state index contributed by atoms with van der Waals surface area (Å²) in [6.45, 7) is 2.83. The standard InChI is InChI=1S/C12H16O2/c1-2-6-12-13-9-11(14-12)10-7-4-3-5-8-10/h3-5,7-8,11-12H,2,6,9H2,1H3. The SMILES string of the molecule is CCCC1OCC(c2ccccc2)O1. The van der Waals surface area contributed by atoms with Crippen LogP contribution in [-0.2, 0) is 9.47 Å². The maximum absolute atomic E-state index is 5.77. The third-order valence-electron chi connectivity index (χ3n) is 2.45. The summed E-state index contributed by atoms with van der Waals surface area (Å²) in [4.78, 5) is 0. The molecule has 2 atom stereocenters. The van der Waals surface area contributed by atoms with E-state index in [9.17, 15) is 0 Å². The van der Waals surface area contributed by atoms with Gasteiger partial charge in [0, 0.05) is 0 Å². The van der Waals surface area contributed by atoms with Crippen molar-refractivity contribution in [3.8, 4) is 0 Å². The molecule has 0 radical (unpaired) electrons. The van der Waals surface area contributed by atoms with E-state index < -0.39 is 0 Å². The first-order valence-corrected chi connectivity index (χ1v) is 5.22. The third kappa shape index (κ3) is 2.14. The average molecular weight is 192 g/mol. The topological polar surface area (TPSA) is 18.5 Å². The van der Waals surface area contributed by atoms with Gasteiger partial charge in [-0.25, -0.2) is 0 Å². The number of benzene rings is 1. The first kappa shape index (κ1) is 9.69. The highest BCUT2D eigenvalue weighted by molar-refractivity contribution is 5.18. The lowest BCUT2D eigenvalue weighted by molar-refractivity contribution is -0.0627. The Morgan fingerprint density at radius 3 is 2.79 bits per heavy atom. The van der Waals surface area contributed by atoms with E-state index in [4.69, 9.17) is 9.47 Å². The van der Waals surface area contributed by atoms with E-state index in [-0.39, 0.29) is 12.4 Å². The summed E-state index contributed by atoms with van der Waals surface area (Å²) in [6, 6.07) is 10.3. The highest BCUT2D eigenvalue weighted by Crippen LogP contribution is 2.27. The molecule has 0 bridgehead atoms. The fourth-order valence-electron chi connectivity index (χ4n) is 1.69. The van der Waals surface area contributed by atoms with E-state index in [1.165, 1.54) is 5.56 Å². The lowest BCUT2D eigenvalue weighted by Crippen LogP contribution is -2.06. The lowest BCUT2D eigenvalue weighted by atomic mass is 10.1. The molecule has 2 heteroatoms. The third-order valence-corrected chi connectivity index (χ3v) is 2.45. The molecule has 76 valence electrons. The van der Waals surface area contributed by atoms with Crippen molar-refractivity contribution in [1.29, 1.82) is 0 Å². The minimum atomic E-state index is 0.00482. The molecule has 0 spiro atoms. The fourth-order valence-corrected chi connectivity index (χ4v) is 1.69. The molecule has 0 amide bonds. The molecular formula is C12H16O2. The van der Waals surface area contributed by atoms with Crippen molar-refractivity contribution in [3.63, 3.8) is 0 Å². The molecule has 1 aliphatic rings. The quantitative estimate of drug-likeness (QED) is 0.733. The van der Waals surface area contributed by atoms with Crippen LogP contribution in [0.2, 0.25) is 0 Å². The van der Waals surface area contributed by atoms with Gasteiger partial charge in [0.1, 0.15) is 6.10 Å². The Bertz CT molecular complexity index is 271. The zero-order chi connectivity index (χ0) is 9.80. The minimum Gasteiger partial charge on any atom is -0.350 e. The monoisotopic (exact) mass is 192 g/mol. The highest BCUT2D eigenvalue weighted by atomic mass is 16.7. The van der Waals surface area contributed by atoms with Crippen LogP contribution in [0.3, 0.4) is 0 Å². The molecule has 1 saturated heterocycles. The second-order valence-corrected chi connectivity index (χ2v) is 3.59. The van der Waals surface area contributed by atoms with E-state index in [1.807, 2.05) is 18.2 Å². The van der Waals surface area contributed by atoms with Crippen molar-refractivity contribution in [2.24, 2.45) is 0 Å². The van der Waals surface area contributed by atoms with Crippen molar-refractivity contribution < 1.29 is 9.47 Å². The number of rotatable bonds is 3. The maximum Gasteiger partial charge on any atom is 0.158 e. The highest BCUT2D eigenvalue weighted by Gasteiger charge is 2.25. The van der Waals surface area contributed by atoms with Crippen LogP contribution in [0.4, 0.5) is 0 Å². The summed E-state index contributed by atoms with van der Waals surface area (Å²) < 4.78 is 11.3. The van der Waals surface area contributed by atoms with Crippen LogP contribution in [0, 0.1) is 0 Å². The first-order valence-electron chi connectivity index (χ1n) is 5.22. The molecule has 0 N–H and O–H groups in total. The molecule has 1 heterocycles. The van der Waals surface area contributed by atoms with Crippen LogP contribution in [0.5, 0.6) is 0 Å². The molecule has 0 saturated carbocycles. The van der Waals surface area contributed by atoms with Crippen molar-refractivity contribution in [1.82, 2.24) is 0 Å². The van der Waals surface area contributed by atoms with Crippen LogP contribution >= 0.6 is 0 Å². The van der Waals surface area contributed by atoms with Gasteiger partial charge in [-0.3, -0.25) is 0 Å². The number of hydrogen-bond donors (Lipinski definition) is 0. The summed E-state index contributed by atoms with van der Waals surface area (Å²) in [5.74, 6) is 0. The molecular weight excluding hydrogens is 176 g/mol. The zero-order valence-corrected chi connectivity index (χ0v) is 8.48. The van der Waals surface area contributed by atoms with Gasteiger partial charge < -0.3 is 9.47 Å². The van der Waals surface area contributed by atoms with Gasteiger partial charge >= 0.3 is 0 Å². The summed E-state index contributed by atoms with van der Waals surface area (Å²) in [7, 11) is 0. The van der Waals surface area contributed by atoms with Gasteiger partial charge in [0.15, 0.2) is 6.29 Å². The molecule has 2 rings (SSSR count). The summed E-state index contributed by atoms with van der Waals surface area (Å²) >= 11 is 0. The molecule has 14 heavy (non-hydrogen) atoms. The van der Waals surface area contributed by atoms with Gasteiger partial charge in [0.25, 0.3) is 0 Å². The summed E-state index contributed by atoms with van der Waals surface area (Å²) in [5.41, 5.74) is 1.21. The maximum atomic E-state index is 5.77. The normalized spacial score (nSPS) is 26.6. The summed E-state index contributed by atoms with van der Waals surface area (Å²) in [5, 5.41) is 0. The van der Waals surface area contributed by atoms with Gasteiger partial charge in [0.2, 0.25) is 0 Å². The van der Waals surface area contributed by atoms with E-state index in [0.29, 0.717) is 6.61 Å². The molecule has 1 fully saturated rings. The largest absolute Gasteiger partial charge is 0.350 e. The molecule has 1 aliphatic heterocycles. The van der Waals surface area contributed by atoms with Crippen LogP contribution in [0.25, 0.3) is 0 Å². The van der Waals surface area contributed by atoms with Crippen molar-refractivity contribution in [3.05, 3.63) is 35.9 Å². The van der Waals surface area contributed by atoms with Crippen molar-refractivity contribution >= 4 is 0 Å². The van der Waals surface area contributed by atoms with Gasteiger partial charge in [-0.1, -0.05) is 43.7 Å². The zero-order valence-electron chi connectivity index (χ0n) is 8.48. The Labute approximate surface area is 84.8 Å². The minimum absolute atomic E-state index is 0.00482. The Balaban J connectivity index is 1.96. The van der Waals surface area contributed by atoms with Crippen molar-refractivity contribution in [2.45, 2.75) is 32.2 Å². The fraction of sp³-hybridized carbons (Fsp3) is 0.500. The number of hydrogen-bond acceptors (Lipinski definition) is 2. The first-order chi connectivity index (χ1) is 6.90. The van der Waals surface area contributed by atoms with Crippen LogP contribution in [-0.4, -0.2) is 12.9 Å². The second kappa shape index (κ2) is 4.58. The van der Waals surface area contributed by atoms with E-state index in [0.717, 1.165) is 12.8 Å². The van der Waals surface area contributed by atoms with Crippen LogP contribution in [0.15, 0.2) is 30.3 Å². The second-order valence-electron chi connectivity index (χ2n) is 3.59. The van der Waals surface area contributed by atoms with Gasteiger partial charge in [-0.05, 0) is 12.0 Å². The predicted molar refractivity (Wildman–Crippen MR) is 54.9 cm³/mol. The van der Waals surface area contributed by atoms with Gasteiger partial charge in [-0.2, -0.15) is 0 Å². The molecule has 1 aromatic carbocycles. The van der Waals surface area contributed by atoms with Crippen LogP contribution < -0.4 is 0 Å². The average Bonchev–Trinajstić information content (AvgIpc) is 2.68. The molecule has 2 unspecified atom stereocenters. The predicted octanol–water partition coefficient (Wildman–Crippen LogP) is 2.90. The Morgan fingerprint density at radius 2 is 2.07 bits per heavy atom. The molecule has 0 aromatic heterocycles. The smallest absolute Gasteiger partial charge is 0.158 e. The molecule has 1 aromatic rings. The van der Waals surface area contributed by atoms with Crippen molar-refractivity contribution in [2.75, 3.05) is 6.61 Å². The molecule has 2 nitrogen and oxygen atoms in total. The van der Waals surface area contributed by atoms with E-state index >= 15 is 0 Å². The van der Waals surface area contributed by atoms with Gasteiger partial charge in [-0.15, -0.1) is 0 Å². The van der Waals surface area contributed by atoms with Gasteiger partial charge in [0.05, 0.1) is 6.61 Å².